The summed E-state index contributed by atoms with van der Waals surface area (Å²) in [5.74, 6) is -0.201. The number of benzene rings is 1. The highest BCUT2D eigenvalue weighted by Gasteiger charge is 2.19. The zero-order valence-corrected chi connectivity index (χ0v) is 11.2. The standard InChI is InChI=1S/C13H16ClNO4/c1-8(17)15-3-2-12(18)13(19)10-4-9(7-16)5-11(14)6-10/h4-7,12-13,18-19H,2-3H2,1H3,(H,15,17). The minimum Gasteiger partial charge on any atom is -0.390 e. The van der Waals surface area contributed by atoms with E-state index in [1.807, 2.05) is 0 Å². The second-order valence-electron chi connectivity index (χ2n) is 4.22. The molecule has 2 atom stereocenters. The maximum Gasteiger partial charge on any atom is 0.216 e. The molecule has 1 amide bonds. The molecule has 6 heteroatoms. The van der Waals surface area contributed by atoms with E-state index in [1.54, 1.807) is 0 Å². The van der Waals surface area contributed by atoms with Gasteiger partial charge in [0.2, 0.25) is 5.91 Å². The van der Waals surface area contributed by atoms with E-state index >= 15 is 0 Å². The number of carbonyl (C=O) groups excluding carboxylic acids is 2. The van der Waals surface area contributed by atoms with Gasteiger partial charge in [-0.15, -0.1) is 0 Å². The molecule has 0 aromatic heterocycles. The minimum atomic E-state index is -1.16. The molecule has 0 saturated heterocycles. The van der Waals surface area contributed by atoms with E-state index in [9.17, 15) is 19.8 Å². The summed E-state index contributed by atoms with van der Waals surface area (Å²) in [7, 11) is 0. The SMILES string of the molecule is CC(=O)NCCC(O)C(O)c1cc(Cl)cc(C=O)c1. The van der Waals surface area contributed by atoms with Crippen molar-refractivity contribution in [3.05, 3.63) is 34.3 Å². The Balaban J connectivity index is 2.70. The van der Waals surface area contributed by atoms with Crippen LogP contribution in [0.25, 0.3) is 0 Å². The molecule has 0 bridgehead atoms. The van der Waals surface area contributed by atoms with Crippen molar-refractivity contribution in [1.82, 2.24) is 5.32 Å². The first kappa shape index (κ1) is 15.6. The number of amides is 1. The molecule has 104 valence electrons. The molecule has 0 radical (unpaired) electrons. The monoisotopic (exact) mass is 285 g/mol. The van der Waals surface area contributed by atoms with Gasteiger partial charge < -0.3 is 15.5 Å². The number of hydrogen-bond donors (Lipinski definition) is 3. The average molecular weight is 286 g/mol. The second kappa shape index (κ2) is 7.23. The molecule has 1 rings (SSSR count). The van der Waals surface area contributed by atoms with Crippen LogP contribution in [-0.2, 0) is 4.79 Å². The van der Waals surface area contributed by atoms with Gasteiger partial charge in [-0.2, -0.15) is 0 Å². The fraction of sp³-hybridized carbons (Fsp3) is 0.385. The summed E-state index contributed by atoms with van der Waals surface area (Å²) in [6, 6.07) is 4.42. The summed E-state index contributed by atoms with van der Waals surface area (Å²) in [5, 5.41) is 22.6. The molecule has 0 aliphatic rings. The van der Waals surface area contributed by atoms with Crippen molar-refractivity contribution in [3.63, 3.8) is 0 Å². The van der Waals surface area contributed by atoms with Gasteiger partial charge in [-0.25, -0.2) is 0 Å². The largest absolute Gasteiger partial charge is 0.390 e. The third kappa shape index (κ3) is 4.98. The van der Waals surface area contributed by atoms with Crippen molar-refractivity contribution >= 4 is 23.8 Å². The molecule has 3 N–H and O–H groups in total. The maximum absolute atomic E-state index is 10.7. The van der Waals surface area contributed by atoms with Gasteiger partial charge in [-0.3, -0.25) is 9.59 Å². The van der Waals surface area contributed by atoms with Gasteiger partial charge in [0.05, 0.1) is 6.10 Å². The topological polar surface area (TPSA) is 86.6 Å². The summed E-state index contributed by atoms with van der Waals surface area (Å²) in [6.07, 6.45) is -1.40. The summed E-state index contributed by atoms with van der Waals surface area (Å²) < 4.78 is 0. The van der Waals surface area contributed by atoms with Crippen LogP contribution in [0.15, 0.2) is 18.2 Å². The highest BCUT2D eigenvalue weighted by molar-refractivity contribution is 6.30. The van der Waals surface area contributed by atoms with E-state index in [0.29, 0.717) is 22.4 Å². The molecule has 0 spiro atoms. The van der Waals surface area contributed by atoms with Crippen molar-refractivity contribution < 1.29 is 19.8 Å². The van der Waals surface area contributed by atoms with Gasteiger partial charge in [-0.05, 0) is 30.2 Å². The van der Waals surface area contributed by atoms with E-state index in [0.717, 1.165) is 0 Å². The molecule has 2 unspecified atom stereocenters. The Kier molecular flexibility index (Phi) is 5.95. The highest BCUT2D eigenvalue weighted by atomic mass is 35.5. The van der Waals surface area contributed by atoms with Gasteiger partial charge in [0.1, 0.15) is 12.4 Å². The van der Waals surface area contributed by atoms with E-state index in [-0.39, 0.29) is 18.9 Å². The van der Waals surface area contributed by atoms with Crippen LogP contribution in [0.1, 0.15) is 35.4 Å². The fourth-order valence-corrected chi connectivity index (χ4v) is 1.90. The lowest BCUT2D eigenvalue weighted by Crippen LogP contribution is -2.27. The first-order chi connectivity index (χ1) is 8.93. The Hall–Kier alpha value is -1.43. The predicted octanol–water partition coefficient (Wildman–Crippen LogP) is 1.07. The van der Waals surface area contributed by atoms with Crippen LogP contribution in [0, 0.1) is 0 Å². The summed E-state index contributed by atoms with van der Waals surface area (Å²) in [6.45, 7) is 1.63. The first-order valence-electron chi connectivity index (χ1n) is 5.80. The molecular formula is C13H16ClNO4. The lowest BCUT2D eigenvalue weighted by molar-refractivity contribution is -0.119. The summed E-state index contributed by atoms with van der Waals surface area (Å²) in [4.78, 5) is 21.4. The van der Waals surface area contributed by atoms with Crippen molar-refractivity contribution in [3.8, 4) is 0 Å². The molecule has 1 aromatic rings. The number of halogens is 1. The lowest BCUT2D eigenvalue weighted by Gasteiger charge is -2.18. The van der Waals surface area contributed by atoms with Gasteiger partial charge in [0.25, 0.3) is 0 Å². The van der Waals surface area contributed by atoms with Crippen LogP contribution in [0.3, 0.4) is 0 Å². The van der Waals surface area contributed by atoms with Crippen LogP contribution in [0.2, 0.25) is 5.02 Å². The van der Waals surface area contributed by atoms with Crippen LogP contribution < -0.4 is 5.32 Å². The first-order valence-corrected chi connectivity index (χ1v) is 6.18. The second-order valence-corrected chi connectivity index (χ2v) is 4.66. The quantitative estimate of drug-likeness (QED) is 0.683. The van der Waals surface area contributed by atoms with Crippen molar-refractivity contribution in [1.29, 1.82) is 0 Å². The molecule has 5 nitrogen and oxygen atoms in total. The molecule has 0 fully saturated rings. The van der Waals surface area contributed by atoms with Crippen molar-refractivity contribution in [2.45, 2.75) is 25.6 Å². The van der Waals surface area contributed by atoms with E-state index in [2.05, 4.69) is 5.32 Å². The van der Waals surface area contributed by atoms with Crippen LogP contribution in [0.5, 0.6) is 0 Å². The van der Waals surface area contributed by atoms with E-state index < -0.39 is 12.2 Å². The van der Waals surface area contributed by atoms with Gasteiger partial charge >= 0.3 is 0 Å². The predicted molar refractivity (Wildman–Crippen MR) is 71.1 cm³/mol. The Morgan fingerprint density at radius 3 is 2.68 bits per heavy atom. The summed E-state index contributed by atoms with van der Waals surface area (Å²) >= 11 is 5.81. The normalized spacial score (nSPS) is 13.7. The Bertz CT molecular complexity index is 464. The molecule has 0 aliphatic heterocycles. The number of aldehydes is 1. The smallest absolute Gasteiger partial charge is 0.216 e. The molecule has 0 aliphatic carbocycles. The van der Waals surface area contributed by atoms with E-state index in [1.165, 1.54) is 25.1 Å². The number of aliphatic hydroxyl groups excluding tert-OH is 2. The van der Waals surface area contributed by atoms with Gasteiger partial charge in [0, 0.05) is 24.1 Å². The number of aliphatic hydroxyl groups is 2. The zero-order valence-electron chi connectivity index (χ0n) is 10.5. The maximum atomic E-state index is 10.7. The minimum absolute atomic E-state index is 0.198. The van der Waals surface area contributed by atoms with Crippen LogP contribution in [0.4, 0.5) is 0 Å². The molecule has 1 aromatic carbocycles. The zero-order chi connectivity index (χ0) is 14.4. The number of carbonyl (C=O) groups is 2. The van der Waals surface area contributed by atoms with Crippen LogP contribution in [-0.4, -0.2) is 35.1 Å². The van der Waals surface area contributed by atoms with Gasteiger partial charge in [-0.1, -0.05) is 11.6 Å². The van der Waals surface area contributed by atoms with Crippen LogP contribution >= 0.6 is 11.6 Å². The van der Waals surface area contributed by atoms with E-state index in [4.69, 9.17) is 11.6 Å². The number of hydrogen-bond acceptors (Lipinski definition) is 4. The Labute approximate surface area is 116 Å². The number of nitrogens with one attached hydrogen (secondary N) is 1. The molecule has 19 heavy (non-hydrogen) atoms. The number of rotatable bonds is 6. The Morgan fingerprint density at radius 2 is 2.11 bits per heavy atom. The molecule has 0 saturated carbocycles. The van der Waals surface area contributed by atoms with Crippen molar-refractivity contribution in [2.75, 3.05) is 6.54 Å². The van der Waals surface area contributed by atoms with Crippen molar-refractivity contribution in [2.24, 2.45) is 0 Å². The third-order valence-corrected chi connectivity index (χ3v) is 2.82. The third-order valence-electron chi connectivity index (χ3n) is 2.60. The fourth-order valence-electron chi connectivity index (χ4n) is 1.65. The average Bonchev–Trinajstić information content (AvgIpc) is 2.36. The summed E-state index contributed by atoms with van der Waals surface area (Å²) in [5.41, 5.74) is 0.695. The highest BCUT2D eigenvalue weighted by Crippen LogP contribution is 2.23. The lowest BCUT2D eigenvalue weighted by atomic mass is 10.0. The Morgan fingerprint density at radius 1 is 1.42 bits per heavy atom. The molecule has 0 heterocycles. The van der Waals surface area contributed by atoms with Gasteiger partial charge in [0.15, 0.2) is 0 Å². The molecular weight excluding hydrogens is 270 g/mol.